The van der Waals surface area contributed by atoms with E-state index >= 15 is 0 Å². The van der Waals surface area contributed by atoms with Crippen molar-refractivity contribution >= 4 is 11.8 Å². The topological polar surface area (TPSA) is 98.0 Å². The van der Waals surface area contributed by atoms with Gasteiger partial charge in [-0.3, -0.25) is 0 Å². The van der Waals surface area contributed by atoms with E-state index < -0.39 is 0 Å². The summed E-state index contributed by atoms with van der Waals surface area (Å²) < 4.78 is 0. The Balaban J connectivity index is 2.40. The first-order valence-corrected chi connectivity index (χ1v) is 8.46. The number of hydrogen-bond donors (Lipinski definition) is 3. The highest BCUT2D eigenvalue weighted by molar-refractivity contribution is 5.48. The molecule has 0 saturated carbocycles. The van der Waals surface area contributed by atoms with Crippen molar-refractivity contribution in [1.82, 2.24) is 9.97 Å². The lowest BCUT2D eigenvalue weighted by molar-refractivity contribution is 0.450. The third-order valence-electron chi connectivity index (χ3n) is 3.90. The van der Waals surface area contributed by atoms with Gasteiger partial charge in [0.15, 0.2) is 0 Å². The van der Waals surface area contributed by atoms with E-state index in [0.717, 1.165) is 35.1 Å². The number of nitrogen functional groups attached to an aromatic ring is 2. The number of phenols is 1. The summed E-state index contributed by atoms with van der Waals surface area (Å²) in [4.78, 5) is 8.06. The fourth-order valence-corrected chi connectivity index (χ4v) is 2.92. The molecule has 0 unspecified atom stereocenters. The molecule has 0 atom stereocenters. The third kappa shape index (κ3) is 4.60. The minimum Gasteiger partial charge on any atom is -0.507 e. The molecule has 24 heavy (non-hydrogen) atoms. The van der Waals surface area contributed by atoms with E-state index in [4.69, 9.17) is 11.5 Å². The van der Waals surface area contributed by atoms with Crippen LogP contribution in [0.15, 0.2) is 18.3 Å². The van der Waals surface area contributed by atoms with Gasteiger partial charge in [0.05, 0.1) is 0 Å². The molecule has 130 valence electrons. The van der Waals surface area contributed by atoms with Gasteiger partial charge in [-0.1, -0.05) is 39.8 Å². The Morgan fingerprint density at radius 2 is 1.50 bits per heavy atom. The molecule has 1 heterocycles. The number of nitrogens with zero attached hydrogens (tertiary/aromatic N) is 2. The maximum atomic E-state index is 10.6. The van der Waals surface area contributed by atoms with Crippen molar-refractivity contribution in [3.63, 3.8) is 0 Å². The fraction of sp³-hybridized carbons (Fsp3) is 0.474. The summed E-state index contributed by atoms with van der Waals surface area (Å²) in [6, 6.07) is 4.13. The van der Waals surface area contributed by atoms with Gasteiger partial charge in [-0.2, -0.15) is 4.98 Å². The number of benzene rings is 1. The third-order valence-corrected chi connectivity index (χ3v) is 3.90. The summed E-state index contributed by atoms with van der Waals surface area (Å²) in [5.41, 5.74) is 15.5. The van der Waals surface area contributed by atoms with Gasteiger partial charge in [0.2, 0.25) is 5.95 Å². The predicted octanol–water partition coefficient (Wildman–Crippen LogP) is 3.33. The number of aromatic nitrogens is 2. The molecule has 0 aliphatic heterocycles. The predicted molar refractivity (Wildman–Crippen MR) is 98.9 cm³/mol. The van der Waals surface area contributed by atoms with Gasteiger partial charge in [0.1, 0.15) is 11.6 Å². The van der Waals surface area contributed by atoms with Crippen molar-refractivity contribution in [3.8, 4) is 5.75 Å². The standard InChI is InChI=1S/C19H28N4O/c1-11(2)5-14-7-13(8-15(17(14)24)6-12(3)4)9-16-10-22-19(21)23-18(16)20/h7-8,10-12,24H,5-6,9H2,1-4H3,(H4,20,21,22,23). The van der Waals surface area contributed by atoms with Gasteiger partial charge >= 0.3 is 0 Å². The lowest BCUT2D eigenvalue weighted by Gasteiger charge is -2.16. The van der Waals surface area contributed by atoms with Crippen LogP contribution in [0.4, 0.5) is 11.8 Å². The fourth-order valence-electron chi connectivity index (χ4n) is 2.92. The second kappa shape index (κ2) is 7.51. The van der Waals surface area contributed by atoms with Crippen LogP contribution < -0.4 is 11.5 Å². The minimum atomic E-state index is 0.183. The zero-order valence-electron chi connectivity index (χ0n) is 15.0. The van der Waals surface area contributed by atoms with Crippen LogP contribution in [0.5, 0.6) is 5.75 Å². The summed E-state index contributed by atoms with van der Waals surface area (Å²) in [6.45, 7) is 8.61. The van der Waals surface area contributed by atoms with E-state index in [9.17, 15) is 5.11 Å². The average molecular weight is 328 g/mol. The number of phenolic OH excluding ortho intramolecular Hbond substituents is 1. The summed E-state index contributed by atoms with van der Waals surface area (Å²) in [5, 5.41) is 10.6. The van der Waals surface area contributed by atoms with E-state index in [2.05, 4.69) is 49.8 Å². The largest absolute Gasteiger partial charge is 0.507 e. The van der Waals surface area contributed by atoms with Crippen LogP contribution in [0.3, 0.4) is 0 Å². The van der Waals surface area contributed by atoms with Crippen molar-refractivity contribution in [3.05, 3.63) is 40.6 Å². The first kappa shape index (κ1) is 18.0. The Hall–Kier alpha value is -2.30. The molecule has 0 radical (unpaired) electrons. The quantitative estimate of drug-likeness (QED) is 0.755. The Kier molecular flexibility index (Phi) is 5.65. The Morgan fingerprint density at radius 1 is 0.958 bits per heavy atom. The zero-order valence-corrected chi connectivity index (χ0v) is 15.0. The van der Waals surface area contributed by atoms with E-state index in [1.807, 2.05) is 0 Å². The van der Waals surface area contributed by atoms with Crippen molar-refractivity contribution in [1.29, 1.82) is 0 Å². The Bertz CT molecular complexity index is 680. The van der Waals surface area contributed by atoms with E-state index in [1.54, 1.807) is 6.20 Å². The van der Waals surface area contributed by atoms with Crippen molar-refractivity contribution in [2.45, 2.75) is 47.0 Å². The summed E-state index contributed by atoms with van der Waals surface area (Å²) >= 11 is 0. The molecule has 2 aromatic rings. The number of anilines is 2. The zero-order chi connectivity index (χ0) is 17.9. The van der Waals surface area contributed by atoms with Crippen LogP contribution in [0.2, 0.25) is 0 Å². The summed E-state index contributed by atoms with van der Waals surface area (Å²) in [5.74, 6) is 1.97. The monoisotopic (exact) mass is 328 g/mol. The molecule has 1 aromatic carbocycles. The molecular weight excluding hydrogens is 300 g/mol. The molecule has 5 N–H and O–H groups in total. The molecule has 5 nitrogen and oxygen atoms in total. The average Bonchev–Trinajstić information content (AvgIpc) is 2.45. The van der Waals surface area contributed by atoms with Crippen molar-refractivity contribution in [2.24, 2.45) is 11.8 Å². The first-order valence-electron chi connectivity index (χ1n) is 8.46. The molecule has 0 aliphatic rings. The van der Waals surface area contributed by atoms with Gasteiger partial charge < -0.3 is 16.6 Å². The van der Waals surface area contributed by atoms with Crippen LogP contribution in [0.25, 0.3) is 0 Å². The van der Waals surface area contributed by atoms with Gasteiger partial charge in [-0.15, -0.1) is 0 Å². The van der Waals surface area contributed by atoms with Gasteiger partial charge in [0.25, 0.3) is 0 Å². The van der Waals surface area contributed by atoms with Crippen LogP contribution in [-0.2, 0) is 19.3 Å². The number of hydrogen-bond acceptors (Lipinski definition) is 5. The van der Waals surface area contributed by atoms with Gasteiger partial charge in [-0.25, -0.2) is 4.98 Å². The molecule has 0 aliphatic carbocycles. The highest BCUT2D eigenvalue weighted by Gasteiger charge is 2.14. The second-order valence-corrected chi connectivity index (χ2v) is 7.27. The molecule has 1 aromatic heterocycles. The molecule has 5 heteroatoms. The maximum absolute atomic E-state index is 10.6. The van der Waals surface area contributed by atoms with E-state index in [1.165, 1.54) is 0 Å². The smallest absolute Gasteiger partial charge is 0.221 e. The van der Waals surface area contributed by atoms with Crippen LogP contribution in [0, 0.1) is 11.8 Å². The molecule has 0 spiro atoms. The summed E-state index contributed by atoms with van der Waals surface area (Å²) in [6.07, 6.45) is 3.99. The van der Waals surface area contributed by atoms with Gasteiger partial charge in [-0.05, 0) is 41.4 Å². The van der Waals surface area contributed by atoms with E-state index in [-0.39, 0.29) is 5.95 Å². The lowest BCUT2D eigenvalue weighted by Crippen LogP contribution is -2.06. The molecule has 0 fully saturated rings. The number of nitrogens with two attached hydrogens (primary N) is 2. The van der Waals surface area contributed by atoms with Crippen molar-refractivity contribution < 1.29 is 5.11 Å². The molecule has 0 saturated heterocycles. The van der Waals surface area contributed by atoms with Crippen LogP contribution >= 0.6 is 0 Å². The minimum absolute atomic E-state index is 0.183. The molecule has 0 amide bonds. The molecule has 0 bridgehead atoms. The van der Waals surface area contributed by atoms with E-state index in [0.29, 0.717) is 29.8 Å². The molecule has 2 rings (SSSR count). The number of rotatable bonds is 6. The molecular formula is C19H28N4O. The SMILES string of the molecule is CC(C)Cc1cc(Cc2cnc(N)nc2N)cc(CC(C)C)c1O. The first-order chi connectivity index (χ1) is 11.3. The normalized spacial score (nSPS) is 11.4. The highest BCUT2D eigenvalue weighted by atomic mass is 16.3. The van der Waals surface area contributed by atoms with Crippen molar-refractivity contribution in [2.75, 3.05) is 11.5 Å². The Morgan fingerprint density at radius 3 is 1.96 bits per heavy atom. The maximum Gasteiger partial charge on any atom is 0.221 e. The highest BCUT2D eigenvalue weighted by Crippen LogP contribution is 2.30. The van der Waals surface area contributed by atoms with Gasteiger partial charge in [0, 0.05) is 18.2 Å². The Labute approximate surface area is 144 Å². The second-order valence-electron chi connectivity index (χ2n) is 7.27. The van der Waals surface area contributed by atoms with Crippen LogP contribution in [-0.4, -0.2) is 15.1 Å². The lowest BCUT2D eigenvalue weighted by atomic mass is 9.91. The number of aromatic hydroxyl groups is 1. The summed E-state index contributed by atoms with van der Waals surface area (Å²) in [7, 11) is 0. The van der Waals surface area contributed by atoms with Crippen LogP contribution in [0.1, 0.15) is 49.9 Å².